The Morgan fingerprint density at radius 2 is 2.12 bits per heavy atom. The average molecular weight is 290 g/mol. The Bertz CT molecular complexity index is 538. The molecular weight excluding hydrogens is 280 g/mol. The molecule has 1 unspecified atom stereocenters. The van der Waals surface area contributed by atoms with E-state index >= 15 is 0 Å². The van der Waals surface area contributed by atoms with E-state index in [-0.39, 0.29) is 11.6 Å². The third kappa shape index (κ3) is 1.74. The molecule has 86 valence electrons. The summed E-state index contributed by atoms with van der Waals surface area (Å²) >= 11 is 3.16. The first-order valence-electron chi connectivity index (χ1n) is 4.87. The molecule has 1 aromatic heterocycles. The molecule has 2 aromatic rings. The SMILES string of the molecule is CCC(N)c1cc2c(Br)cc(F)c(F)c2o1. The van der Waals surface area contributed by atoms with Gasteiger partial charge >= 0.3 is 0 Å². The van der Waals surface area contributed by atoms with E-state index in [1.54, 1.807) is 6.07 Å². The highest BCUT2D eigenvalue weighted by Gasteiger charge is 2.18. The molecule has 2 rings (SSSR count). The summed E-state index contributed by atoms with van der Waals surface area (Å²) in [7, 11) is 0. The van der Waals surface area contributed by atoms with Crippen LogP contribution in [-0.2, 0) is 0 Å². The van der Waals surface area contributed by atoms with Crippen molar-refractivity contribution < 1.29 is 13.2 Å². The quantitative estimate of drug-likeness (QED) is 0.852. The fourth-order valence-electron chi connectivity index (χ4n) is 1.50. The zero-order valence-electron chi connectivity index (χ0n) is 8.56. The van der Waals surface area contributed by atoms with Crippen LogP contribution in [0.4, 0.5) is 8.78 Å². The van der Waals surface area contributed by atoms with E-state index in [4.69, 9.17) is 10.2 Å². The topological polar surface area (TPSA) is 39.2 Å². The van der Waals surface area contributed by atoms with Gasteiger partial charge in [-0.15, -0.1) is 0 Å². The van der Waals surface area contributed by atoms with Crippen molar-refractivity contribution in [2.24, 2.45) is 5.73 Å². The fourth-order valence-corrected chi connectivity index (χ4v) is 1.99. The molecule has 0 fully saturated rings. The number of benzene rings is 1. The largest absolute Gasteiger partial charge is 0.456 e. The molecule has 0 aliphatic rings. The molecule has 2 nitrogen and oxygen atoms in total. The number of hydrogen-bond donors (Lipinski definition) is 1. The Morgan fingerprint density at radius 1 is 1.44 bits per heavy atom. The smallest absolute Gasteiger partial charge is 0.201 e. The van der Waals surface area contributed by atoms with Crippen molar-refractivity contribution in [2.75, 3.05) is 0 Å². The molecule has 1 heterocycles. The van der Waals surface area contributed by atoms with Crippen LogP contribution in [0.5, 0.6) is 0 Å². The van der Waals surface area contributed by atoms with Gasteiger partial charge in [-0.3, -0.25) is 0 Å². The van der Waals surface area contributed by atoms with Crippen molar-refractivity contribution in [1.82, 2.24) is 0 Å². The number of hydrogen-bond acceptors (Lipinski definition) is 2. The number of fused-ring (bicyclic) bond motifs is 1. The Morgan fingerprint density at radius 3 is 2.75 bits per heavy atom. The Labute approximate surface area is 99.5 Å². The minimum Gasteiger partial charge on any atom is -0.456 e. The van der Waals surface area contributed by atoms with Gasteiger partial charge in [0.2, 0.25) is 5.82 Å². The van der Waals surface area contributed by atoms with Gasteiger partial charge in [-0.2, -0.15) is 4.39 Å². The van der Waals surface area contributed by atoms with E-state index in [2.05, 4.69) is 15.9 Å². The predicted molar refractivity (Wildman–Crippen MR) is 61.0 cm³/mol. The first kappa shape index (κ1) is 11.5. The molecule has 0 saturated heterocycles. The highest BCUT2D eigenvalue weighted by atomic mass is 79.9. The molecule has 1 aromatic carbocycles. The lowest BCUT2D eigenvalue weighted by Crippen LogP contribution is -2.06. The molecule has 0 spiro atoms. The van der Waals surface area contributed by atoms with Gasteiger partial charge in [-0.1, -0.05) is 6.92 Å². The Balaban J connectivity index is 2.70. The van der Waals surface area contributed by atoms with Crippen LogP contribution in [0.25, 0.3) is 11.0 Å². The molecule has 0 radical (unpaired) electrons. The van der Waals surface area contributed by atoms with Gasteiger partial charge in [-0.05, 0) is 34.5 Å². The van der Waals surface area contributed by atoms with E-state index in [1.165, 1.54) is 0 Å². The summed E-state index contributed by atoms with van der Waals surface area (Å²) in [6.45, 7) is 1.89. The van der Waals surface area contributed by atoms with Crippen LogP contribution < -0.4 is 5.73 Å². The average Bonchev–Trinajstić information content (AvgIpc) is 2.70. The third-order valence-electron chi connectivity index (χ3n) is 2.48. The van der Waals surface area contributed by atoms with Crippen LogP contribution in [0, 0.1) is 11.6 Å². The molecule has 0 aliphatic carbocycles. The standard InChI is InChI=1S/C11H10BrF2NO/c1-2-8(15)9-3-5-6(12)4-7(13)10(14)11(5)16-9/h3-4,8H,2,15H2,1H3. The maximum atomic E-state index is 13.4. The van der Waals surface area contributed by atoms with E-state index < -0.39 is 11.6 Å². The Hall–Kier alpha value is -0.940. The minimum atomic E-state index is -0.979. The molecule has 0 amide bonds. The molecular formula is C11H10BrF2NO. The van der Waals surface area contributed by atoms with Crippen LogP contribution in [-0.4, -0.2) is 0 Å². The van der Waals surface area contributed by atoms with Gasteiger partial charge in [0.15, 0.2) is 11.4 Å². The first-order chi connectivity index (χ1) is 7.54. The van der Waals surface area contributed by atoms with Crippen LogP contribution in [0.15, 0.2) is 21.0 Å². The lowest BCUT2D eigenvalue weighted by molar-refractivity contribution is 0.455. The Kier molecular flexibility index (Phi) is 2.99. The molecule has 0 bridgehead atoms. The second kappa shape index (κ2) is 4.14. The number of nitrogens with two attached hydrogens (primary N) is 1. The second-order valence-corrected chi connectivity index (χ2v) is 4.41. The van der Waals surface area contributed by atoms with Crippen molar-refractivity contribution in [2.45, 2.75) is 19.4 Å². The summed E-state index contributed by atoms with van der Waals surface area (Å²) in [5.74, 6) is -1.46. The lowest BCUT2D eigenvalue weighted by atomic mass is 10.1. The molecule has 1 atom stereocenters. The van der Waals surface area contributed by atoms with E-state index in [1.807, 2.05) is 6.92 Å². The number of furan rings is 1. The third-order valence-corrected chi connectivity index (χ3v) is 3.13. The summed E-state index contributed by atoms with van der Waals surface area (Å²) < 4.78 is 32.2. The van der Waals surface area contributed by atoms with Gasteiger partial charge in [0.25, 0.3) is 0 Å². The van der Waals surface area contributed by atoms with Gasteiger partial charge in [0.1, 0.15) is 5.76 Å². The maximum absolute atomic E-state index is 13.4. The van der Waals surface area contributed by atoms with E-state index in [9.17, 15) is 8.78 Å². The summed E-state index contributed by atoms with van der Waals surface area (Å²) in [6, 6.07) is 2.41. The lowest BCUT2D eigenvalue weighted by Gasteiger charge is -2.02. The molecule has 0 saturated carbocycles. The predicted octanol–water partition coefficient (Wildman–Crippen LogP) is 3.88. The zero-order valence-corrected chi connectivity index (χ0v) is 10.1. The zero-order chi connectivity index (χ0) is 11.9. The van der Waals surface area contributed by atoms with Crippen molar-refractivity contribution >= 4 is 26.9 Å². The fraction of sp³-hybridized carbons (Fsp3) is 0.273. The number of rotatable bonds is 2. The maximum Gasteiger partial charge on any atom is 0.201 e. The van der Waals surface area contributed by atoms with E-state index in [0.29, 0.717) is 22.0 Å². The van der Waals surface area contributed by atoms with Crippen molar-refractivity contribution in [3.63, 3.8) is 0 Å². The van der Waals surface area contributed by atoms with Crippen molar-refractivity contribution in [1.29, 1.82) is 0 Å². The highest BCUT2D eigenvalue weighted by Crippen LogP contribution is 2.33. The molecule has 2 N–H and O–H groups in total. The summed E-state index contributed by atoms with van der Waals surface area (Å²) in [5.41, 5.74) is 5.68. The van der Waals surface area contributed by atoms with Crippen LogP contribution in [0.3, 0.4) is 0 Å². The molecule has 16 heavy (non-hydrogen) atoms. The minimum absolute atomic E-state index is 0.0919. The second-order valence-electron chi connectivity index (χ2n) is 3.56. The van der Waals surface area contributed by atoms with E-state index in [0.717, 1.165) is 6.07 Å². The van der Waals surface area contributed by atoms with Gasteiger partial charge < -0.3 is 10.2 Å². The van der Waals surface area contributed by atoms with Crippen LogP contribution in [0.1, 0.15) is 25.1 Å². The summed E-state index contributed by atoms with van der Waals surface area (Å²) in [6.07, 6.45) is 0.668. The monoisotopic (exact) mass is 289 g/mol. The van der Waals surface area contributed by atoms with Crippen molar-refractivity contribution in [3.8, 4) is 0 Å². The van der Waals surface area contributed by atoms with Gasteiger partial charge in [0.05, 0.1) is 6.04 Å². The van der Waals surface area contributed by atoms with Gasteiger partial charge in [-0.25, -0.2) is 4.39 Å². The first-order valence-corrected chi connectivity index (χ1v) is 5.66. The molecule has 0 aliphatic heterocycles. The van der Waals surface area contributed by atoms with Crippen molar-refractivity contribution in [3.05, 3.63) is 34.0 Å². The summed E-state index contributed by atoms with van der Waals surface area (Å²) in [5, 5.41) is 0.498. The molecule has 5 heteroatoms. The van der Waals surface area contributed by atoms with Gasteiger partial charge in [0, 0.05) is 9.86 Å². The van der Waals surface area contributed by atoms with Crippen LogP contribution >= 0.6 is 15.9 Å². The summed E-state index contributed by atoms with van der Waals surface area (Å²) in [4.78, 5) is 0. The van der Waals surface area contributed by atoms with Crippen LogP contribution in [0.2, 0.25) is 0 Å². The number of halogens is 3. The highest BCUT2D eigenvalue weighted by molar-refractivity contribution is 9.10. The normalized spacial score (nSPS) is 13.3.